The summed E-state index contributed by atoms with van der Waals surface area (Å²) in [4.78, 5) is 17.3. The predicted octanol–water partition coefficient (Wildman–Crippen LogP) is 2.55. The smallest absolute Gasteiger partial charge is 0.285 e. The number of rotatable bonds is 7. The first-order valence-corrected chi connectivity index (χ1v) is 9.46. The number of hydrogen-bond donors (Lipinski definition) is 0. The molecular formula is C22H21N5O4. The van der Waals surface area contributed by atoms with Gasteiger partial charge in [-0.05, 0) is 17.7 Å². The highest BCUT2D eigenvalue weighted by atomic mass is 16.5. The lowest BCUT2D eigenvalue weighted by molar-refractivity contribution is 0.324. The third-order valence-corrected chi connectivity index (χ3v) is 4.77. The molecule has 158 valence electrons. The van der Waals surface area contributed by atoms with Gasteiger partial charge in [0.2, 0.25) is 5.75 Å². The fourth-order valence-corrected chi connectivity index (χ4v) is 3.26. The molecule has 9 heteroatoms. The summed E-state index contributed by atoms with van der Waals surface area (Å²) in [6.45, 7) is 0.521. The van der Waals surface area contributed by atoms with Crippen LogP contribution in [0.5, 0.6) is 17.2 Å². The lowest BCUT2D eigenvalue weighted by atomic mass is 10.2. The summed E-state index contributed by atoms with van der Waals surface area (Å²) in [5, 5.41) is 8.96. The maximum absolute atomic E-state index is 12.9. The third kappa shape index (κ3) is 3.85. The second-order valence-electron chi connectivity index (χ2n) is 6.59. The fourth-order valence-electron chi connectivity index (χ4n) is 3.26. The first kappa shape index (κ1) is 20.1. The molecule has 4 rings (SSSR count). The van der Waals surface area contributed by atoms with Crippen LogP contribution in [-0.4, -0.2) is 47.0 Å². The number of benzene rings is 2. The number of hydrogen-bond acceptors (Lipinski definition) is 7. The van der Waals surface area contributed by atoms with Crippen LogP contribution >= 0.6 is 0 Å². The Kier molecular flexibility index (Phi) is 5.65. The van der Waals surface area contributed by atoms with Crippen LogP contribution < -0.4 is 19.8 Å². The number of ether oxygens (including phenoxy) is 3. The van der Waals surface area contributed by atoms with E-state index >= 15 is 0 Å². The van der Waals surface area contributed by atoms with E-state index in [1.807, 2.05) is 30.3 Å². The summed E-state index contributed by atoms with van der Waals surface area (Å²) in [7, 11) is 4.59. The van der Waals surface area contributed by atoms with Gasteiger partial charge in [-0.2, -0.15) is 14.9 Å². The molecule has 31 heavy (non-hydrogen) atoms. The third-order valence-electron chi connectivity index (χ3n) is 4.77. The van der Waals surface area contributed by atoms with Crippen molar-refractivity contribution in [2.75, 3.05) is 21.3 Å². The molecule has 0 bridgehead atoms. The van der Waals surface area contributed by atoms with E-state index in [2.05, 4.69) is 15.2 Å². The Morgan fingerprint density at radius 3 is 2.48 bits per heavy atom. The van der Waals surface area contributed by atoms with Gasteiger partial charge in [0.1, 0.15) is 11.7 Å². The number of nitrogens with zero attached hydrogens (tertiary/aromatic N) is 5. The van der Waals surface area contributed by atoms with Crippen molar-refractivity contribution in [3.8, 4) is 17.2 Å². The van der Waals surface area contributed by atoms with Crippen LogP contribution in [0.3, 0.4) is 0 Å². The van der Waals surface area contributed by atoms with Gasteiger partial charge in [0, 0.05) is 5.56 Å². The number of methoxy groups -OCH3 is 3. The molecule has 2 aromatic heterocycles. The summed E-state index contributed by atoms with van der Waals surface area (Å²) in [5.74, 6) is 1.42. The average Bonchev–Trinajstić information content (AvgIpc) is 3.22. The molecule has 0 spiro atoms. The highest BCUT2D eigenvalue weighted by Crippen LogP contribution is 2.38. The zero-order chi connectivity index (χ0) is 21.8. The number of fused-ring (bicyclic) bond motifs is 1. The average molecular weight is 419 g/mol. The first-order valence-electron chi connectivity index (χ1n) is 9.46. The van der Waals surface area contributed by atoms with E-state index < -0.39 is 0 Å². The minimum atomic E-state index is -0.319. The molecule has 0 saturated heterocycles. The molecule has 0 saturated carbocycles. The molecule has 0 unspecified atom stereocenters. The van der Waals surface area contributed by atoms with Crippen molar-refractivity contribution in [3.63, 3.8) is 0 Å². The number of aromatic nitrogens is 4. The van der Waals surface area contributed by atoms with Crippen LogP contribution in [0.1, 0.15) is 11.1 Å². The van der Waals surface area contributed by atoms with E-state index in [-0.39, 0.29) is 5.56 Å². The van der Waals surface area contributed by atoms with E-state index in [0.29, 0.717) is 40.4 Å². The summed E-state index contributed by atoms with van der Waals surface area (Å²) in [5.41, 5.74) is 1.87. The van der Waals surface area contributed by atoms with E-state index in [1.165, 1.54) is 33.0 Å². The van der Waals surface area contributed by atoms with Crippen molar-refractivity contribution in [1.82, 2.24) is 19.4 Å². The van der Waals surface area contributed by atoms with Crippen molar-refractivity contribution in [1.29, 1.82) is 0 Å². The quantitative estimate of drug-likeness (QED) is 0.428. The summed E-state index contributed by atoms with van der Waals surface area (Å²) in [6.07, 6.45) is 4.39. The van der Waals surface area contributed by atoms with E-state index in [9.17, 15) is 4.79 Å². The molecule has 0 atom stereocenters. The molecule has 0 fully saturated rings. The minimum absolute atomic E-state index is 0.319. The Hall–Kier alpha value is -4.14. The van der Waals surface area contributed by atoms with Crippen LogP contribution in [0.25, 0.3) is 11.0 Å². The molecule has 0 aliphatic carbocycles. The van der Waals surface area contributed by atoms with Gasteiger partial charge in [-0.3, -0.25) is 4.79 Å². The Labute approximate surface area is 178 Å². The highest BCUT2D eigenvalue weighted by Gasteiger charge is 2.15. The van der Waals surface area contributed by atoms with Gasteiger partial charge in [-0.25, -0.2) is 9.67 Å². The Bertz CT molecular complexity index is 1290. The summed E-state index contributed by atoms with van der Waals surface area (Å²) < 4.78 is 19.0. The lowest BCUT2D eigenvalue weighted by Gasteiger charge is -2.13. The molecule has 4 aromatic rings. The fraction of sp³-hybridized carbons (Fsp3) is 0.182. The largest absolute Gasteiger partial charge is 0.493 e. The van der Waals surface area contributed by atoms with Gasteiger partial charge >= 0.3 is 0 Å². The van der Waals surface area contributed by atoms with E-state index in [4.69, 9.17) is 14.2 Å². The molecule has 0 radical (unpaired) electrons. The minimum Gasteiger partial charge on any atom is -0.493 e. The molecule has 2 heterocycles. The van der Waals surface area contributed by atoms with Gasteiger partial charge < -0.3 is 14.2 Å². The van der Waals surface area contributed by atoms with Gasteiger partial charge in [0.25, 0.3) is 5.56 Å². The maximum atomic E-state index is 12.9. The maximum Gasteiger partial charge on any atom is 0.285 e. The van der Waals surface area contributed by atoms with Gasteiger partial charge in [-0.15, -0.1) is 0 Å². The monoisotopic (exact) mass is 419 g/mol. The molecule has 9 nitrogen and oxygen atoms in total. The molecule has 2 aromatic carbocycles. The Morgan fingerprint density at radius 2 is 1.77 bits per heavy atom. The van der Waals surface area contributed by atoms with Crippen LogP contribution in [0.15, 0.2) is 64.9 Å². The van der Waals surface area contributed by atoms with Crippen molar-refractivity contribution in [2.24, 2.45) is 5.10 Å². The van der Waals surface area contributed by atoms with Gasteiger partial charge in [-0.1, -0.05) is 30.3 Å². The van der Waals surface area contributed by atoms with Crippen LogP contribution in [0, 0.1) is 0 Å². The van der Waals surface area contributed by atoms with Gasteiger partial charge in [0.05, 0.1) is 40.3 Å². The molecule has 0 amide bonds. The predicted molar refractivity (Wildman–Crippen MR) is 116 cm³/mol. The van der Waals surface area contributed by atoms with Crippen molar-refractivity contribution in [3.05, 3.63) is 76.5 Å². The highest BCUT2D eigenvalue weighted by molar-refractivity contribution is 5.86. The standard InChI is InChI=1S/C22H21N5O4/c1-29-18-10-9-16(19(30-2)20(18)31-3)11-24-27-14-23-21-17(22(27)28)12-25-26(21)13-15-7-5-4-6-8-15/h4-12,14H,13H2,1-3H3/b24-11+. The molecular weight excluding hydrogens is 398 g/mol. The van der Waals surface area contributed by atoms with E-state index in [0.717, 1.165) is 10.2 Å². The Morgan fingerprint density at radius 1 is 1.00 bits per heavy atom. The molecule has 0 N–H and O–H groups in total. The van der Waals surface area contributed by atoms with Gasteiger partial charge in [0.15, 0.2) is 17.1 Å². The van der Waals surface area contributed by atoms with Crippen molar-refractivity contribution >= 4 is 17.2 Å². The zero-order valence-electron chi connectivity index (χ0n) is 17.3. The molecule has 0 aliphatic heterocycles. The topological polar surface area (TPSA) is 92.8 Å². The summed E-state index contributed by atoms with van der Waals surface area (Å²) in [6, 6.07) is 13.4. The lowest BCUT2D eigenvalue weighted by Crippen LogP contribution is -2.17. The SMILES string of the molecule is COc1ccc(/C=N/n2cnc3c(cnn3Cc3ccccc3)c2=O)c(OC)c1OC. The first-order chi connectivity index (χ1) is 15.2. The van der Waals surface area contributed by atoms with Crippen LogP contribution in [-0.2, 0) is 6.54 Å². The Balaban J connectivity index is 1.68. The van der Waals surface area contributed by atoms with E-state index in [1.54, 1.807) is 23.9 Å². The van der Waals surface area contributed by atoms with Crippen molar-refractivity contribution in [2.45, 2.75) is 6.54 Å². The zero-order valence-corrected chi connectivity index (χ0v) is 17.3. The van der Waals surface area contributed by atoms with Crippen molar-refractivity contribution < 1.29 is 14.2 Å². The summed E-state index contributed by atoms with van der Waals surface area (Å²) >= 11 is 0. The second kappa shape index (κ2) is 8.70. The molecule has 0 aliphatic rings. The normalized spacial score (nSPS) is 11.2. The second-order valence-corrected chi connectivity index (χ2v) is 6.59. The van der Waals surface area contributed by atoms with Crippen LogP contribution in [0.4, 0.5) is 0 Å². The van der Waals surface area contributed by atoms with Crippen LogP contribution in [0.2, 0.25) is 0 Å².